The van der Waals surface area contributed by atoms with Crippen molar-refractivity contribution in [1.82, 2.24) is 0 Å². The highest BCUT2D eigenvalue weighted by atomic mass is 16.5. The zero-order valence-corrected chi connectivity index (χ0v) is 7.56. The molecule has 0 aliphatic carbocycles. The molecule has 0 saturated carbocycles. The molecule has 1 heterocycles. The molecule has 1 unspecified atom stereocenters. The number of ether oxygens (including phenoxy) is 1. The van der Waals surface area contributed by atoms with Crippen molar-refractivity contribution in [1.29, 1.82) is 0 Å². The third-order valence-electron chi connectivity index (χ3n) is 2.14. The van der Waals surface area contributed by atoms with Crippen molar-refractivity contribution >= 4 is 11.7 Å². The van der Waals surface area contributed by atoms with E-state index in [1.54, 1.807) is 18.2 Å². The van der Waals surface area contributed by atoms with Gasteiger partial charge < -0.3 is 15.2 Å². The second-order valence-electron chi connectivity index (χ2n) is 3.18. The van der Waals surface area contributed by atoms with Crippen molar-refractivity contribution in [3.8, 4) is 0 Å². The lowest BCUT2D eigenvalue weighted by molar-refractivity contribution is -0.0313. The molecule has 0 amide bonds. The Balaban J connectivity index is 2.09. The van der Waals surface area contributed by atoms with Crippen LogP contribution in [0.3, 0.4) is 0 Å². The van der Waals surface area contributed by atoms with Crippen molar-refractivity contribution in [2.24, 2.45) is 0 Å². The van der Waals surface area contributed by atoms with Crippen LogP contribution in [0.5, 0.6) is 0 Å². The maximum absolute atomic E-state index is 10.7. The smallest absolute Gasteiger partial charge is 0.335 e. The molecule has 1 atom stereocenters. The van der Waals surface area contributed by atoms with Gasteiger partial charge in [-0.05, 0) is 18.2 Å². The van der Waals surface area contributed by atoms with E-state index in [2.05, 4.69) is 5.32 Å². The van der Waals surface area contributed by atoms with Crippen molar-refractivity contribution in [3.05, 3.63) is 29.8 Å². The van der Waals surface area contributed by atoms with Crippen molar-refractivity contribution in [3.63, 3.8) is 0 Å². The molecule has 0 radical (unpaired) electrons. The molecule has 1 fully saturated rings. The molecule has 0 bridgehead atoms. The Bertz CT molecular complexity index is 347. The molecular formula is C10H11NO3. The highest BCUT2D eigenvalue weighted by molar-refractivity contribution is 5.88. The van der Waals surface area contributed by atoms with Gasteiger partial charge in [-0.15, -0.1) is 0 Å². The van der Waals surface area contributed by atoms with Crippen LogP contribution >= 0.6 is 0 Å². The Morgan fingerprint density at radius 2 is 2.36 bits per heavy atom. The topological polar surface area (TPSA) is 58.6 Å². The van der Waals surface area contributed by atoms with E-state index < -0.39 is 5.97 Å². The molecule has 4 nitrogen and oxygen atoms in total. The van der Waals surface area contributed by atoms with E-state index in [9.17, 15) is 4.79 Å². The van der Waals surface area contributed by atoms with Crippen LogP contribution in [0.4, 0.5) is 5.69 Å². The second kappa shape index (κ2) is 3.67. The summed E-state index contributed by atoms with van der Waals surface area (Å²) in [7, 11) is 0. The lowest BCUT2D eigenvalue weighted by Crippen LogP contribution is -2.34. The van der Waals surface area contributed by atoms with Gasteiger partial charge in [-0.25, -0.2) is 4.79 Å². The van der Waals surface area contributed by atoms with Crippen LogP contribution in [0.2, 0.25) is 0 Å². The van der Waals surface area contributed by atoms with Crippen LogP contribution in [0, 0.1) is 0 Å². The number of hydrogen-bond acceptors (Lipinski definition) is 3. The number of rotatable bonds is 3. The Morgan fingerprint density at radius 1 is 1.57 bits per heavy atom. The van der Waals surface area contributed by atoms with Gasteiger partial charge in [0.05, 0.1) is 12.2 Å². The summed E-state index contributed by atoms with van der Waals surface area (Å²) in [5.74, 6) is -0.914. The summed E-state index contributed by atoms with van der Waals surface area (Å²) in [5, 5.41) is 11.8. The molecule has 2 rings (SSSR count). The van der Waals surface area contributed by atoms with Crippen LogP contribution in [0.15, 0.2) is 24.3 Å². The number of carbonyl (C=O) groups is 1. The van der Waals surface area contributed by atoms with Gasteiger partial charge in [-0.1, -0.05) is 6.07 Å². The van der Waals surface area contributed by atoms with E-state index in [0.29, 0.717) is 0 Å². The second-order valence-corrected chi connectivity index (χ2v) is 3.18. The first-order chi connectivity index (χ1) is 6.75. The number of carboxylic acids is 1. The van der Waals surface area contributed by atoms with Crippen molar-refractivity contribution in [2.45, 2.75) is 12.6 Å². The van der Waals surface area contributed by atoms with Crippen molar-refractivity contribution < 1.29 is 14.6 Å². The Labute approximate surface area is 81.5 Å². The average molecular weight is 193 g/mol. The predicted octanol–water partition coefficient (Wildman–Crippen LogP) is 1.54. The summed E-state index contributed by atoms with van der Waals surface area (Å²) in [6.07, 6.45) is 1.01. The summed E-state index contributed by atoms with van der Waals surface area (Å²) in [5.41, 5.74) is 1.07. The number of aromatic carboxylic acids is 1. The molecule has 0 spiro atoms. The van der Waals surface area contributed by atoms with E-state index in [4.69, 9.17) is 9.84 Å². The Kier molecular flexibility index (Phi) is 2.37. The largest absolute Gasteiger partial charge is 0.478 e. The minimum atomic E-state index is -0.914. The quantitative estimate of drug-likeness (QED) is 0.764. The summed E-state index contributed by atoms with van der Waals surface area (Å²) in [6, 6.07) is 6.71. The van der Waals surface area contributed by atoms with Crippen LogP contribution in [-0.2, 0) is 4.74 Å². The van der Waals surface area contributed by atoms with Crippen LogP contribution in [-0.4, -0.2) is 23.9 Å². The van der Waals surface area contributed by atoms with Crippen molar-refractivity contribution in [2.75, 3.05) is 11.9 Å². The molecule has 1 aromatic rings. The molecule has 14 heavy (non-hydrogen) atoms. The summed E-state index contributed by atoms with van der Waals surface area (Å²) in [6.45, 7) is 0.774. The zero-order chi connectivity index (χ0) is 9.97. The monoisotopic (exact) mass is 193 g/mol. The fourth-order valence-electron chi connectivity index (χ4n) is 1.28. The van der Waals surface area contributed by atoms with Gasteiger partial charge in [-0.3, -0.25) is 0 Å². The van der Waals surface area contributed by atoms with Gasteiger partial charge in [-0.2, -0.15) is 0 Å². The Morgan fingerprint density at radius 3 is 2.93 bits per heavy atom. The number of hydrogen-bond donors (Lipinski definition) is 2. The van der Waals surface area contributed by atoms with Gasteiger partial charge in [0, 0.05) is 12.1 Å². The van der Waals surface area contributed by atoms with Crippen LogP contribution < -0.4 is 5.32 Å². The highest BCUT2D eigenvalue weighted by Gasteiger charge is 2.17. The van der Waals surface area contributed by atoms with E-state index >= 15 is 0 Å². The van der Waals surface area contributed by atoms with E-state index in [0.717, 1.165) is 18.7 Å². The summed E-state index contributed by atoms with van der Waals surface area (Å²) >= 11 is 0. The first kappa shape index (κ1) is 9.02. The minimum Gasteiger partial charge on any atom is -0.478 e. The maximum atomic E-state index is 10.7. The van der Waals surface area contributed by atoms with Gasteiger partial charge in [0.15, 0.2) is 0 Å². The number of anilines is 1. The lowest BCUT2D eigenvalue weighted by atomic mass is 10.2. The molecule has 74 valence electrons. The Hall–Kier alpha value is -1.55. The lowest BCUT2D eigenvalue weighted by Gasteiger charge is -2.28. The van der Waals surface area contributed by atoms with Gasteiger partial charge >= 0.3 is 5.97 Å². The SMILES string of the molecule is O=C(O)c1cccc(NC2CCO2)c1. The van der Waals surface area contributed by atoms with Gasteiger partial charge in [0.2, 0.25) is 0 Å². The fourth-order valence-corrected chi connectivity index (χ4v) is 1.28. The minimum absolute atomic E-state index is 0.0408. The first-order valence-electron chi connectivity index (χ1n) is 4.47. The first-order valence-corrected chi connectivity index (χ1v) is 4.47. The third kappa shape index (κ3) is 1.85. The molecule has 1 aliphatic rings. The van der Waals surface area contributed by atoms with E-state index in [-0.39, 0.29) is 11.8 Å². The van der Waals surface area contributed by atoms with Crippen LogP contribution in [0.1, 0.15) is 16.8 Å². The van der Waals surface area contributed by atoms with Gasteiger partial charge in [0.25, 0.3) is 0 Å². The van der Waals surface area contributed by atoms with Gasteiger partial charge in [0.1, 0.15) is 6.23 Å². The molecule has 1 saturated heterocycles. The molecular weight excluding hydrogens is 182 g/mol. The fraction of sp³-hybridized carbons (Fsp3) is 0.300. The summed E-state index contributed by atoms with van der Waals surface area (Å²) in [4.78, 5) is 10.7. The third-order valence-corrected chi connectivity index (χ3v) is 2.14. The summed E-state index contributed by atoms with van der Waals surface area (Å²) < 4.78 is 5.18. The van der Waals surface area contributed by atoms with Crippen LogP contribution in [0.25, 0.3) is 0 Å². The molecule has 2 N–H and O–H groups in total. The standard InChI is InChI=1S/C10H11NO3/c12-10(13)7-2-1-3-8(6-7)11-9-4-5-14-9/h1-3,6,9,11H,4-5H2,(H,12,13). The molecule has 1 aliphatic heterocycles. The normalized spacial score (nSPS) is 19.9. The predicted molar refractivity (Wildman–Crippen MR) is 51.4 cm³/mol. The maximum Gasteiger partial charge on any atom is 0.335 e. The number of carboxylic acid groups (broad SMARTS) is 1. The molecule has 4 heteroatoms. The number of nitrogens with one attached hydrogen (secondary N) is 1. The molecule has 0 aromatic heterocycles. The average Bonchev–Trinajstić information content (AvgIpc) is 2.12. The number of benzene rings is 1. The van der Waals surface area contributed by atoms with E-state index in [1.807, 2.05) is 6.07 Å². The van der Waals surface area contributed by atoms with E-state index in [1.165, 1.54) is 0 Å². The molecule has 1 aromatic carbocycles. The highest BCUT2D eigenvalue weighted by Crippen LogP contribution is 2.17. The zero-order valence-electron chi connectivity index (χ0n) is 7.56.